The van der Waals surface area contributed by atoms with Crippen molar-refractivity contribution in [2.45, 2.75) is 18.3 Å². The Balaban J connectivity index is 2.84. The first-order valence-electron chi connectivity index (χ1n) is 6.35. The lowest BCUT2D eigenvalue weighted by molar-refractivity contribution is -0.146. The molecular weight excluding hydrogens is 334 g/mol. The van der Waals surface area contributed by atoms with Gasteiger partial charge in [0.15, 0.2) is 0 Å². The predicted molar refractivity (Wildman–Crippen MR) is 80.0 cm³/mol. The molecule has 1 aromatic rings. The van der Waals surface area contributed by atoms with Crippen molar-refractivity contribution < 1.29 is 27.3 Å². The van der Waals surface area contributed by atoms with Crippen LogP contribution in [0.2, 0.25) is 0 Å². The number of carbonyl (C=O) groups excluding carboxylic acids is 2. The summed E-state index contributed by atoms with van der Waals surface area (Å²) in [5.41, 5.74) is 0.483. The molecule has 0 radical (unpaired) electrons. The minimum absolute atomic E-state index is 0.000329. The van der Waals surface area contributed by atoms with Gasteiger partial charge in [-0.15, -0.1) is 11.6 Å². The summed E-state index contributed by atoms with van der Waals surface area (Å²) in [5, 5.41) is 1.06. The molecule has 0 saturated heterocycles. The van der Waals surface area contributed by atoms with Crippen LogP contribution in [0.3, 0.4) is 0 Å². The Morgan fingerprint density at radius 2 is 1.91 bits per heavy atom. The van der Waals surface area contributed by atoms with E-state index in [4.69, 9.17) is 16.2 Å². The summed E-state index contributed by atoms with van der Waals surface area (Å²) in [6, 6.07) is 6.79. The van der Waals surface area contributed by atoms with Crippen LogP contribution in [0.25, 0.3) is 0 Å². The lowest BCUT2D eigenvalue weighted by atomic mass is 10.1. The highest BCUT2D eigenvalue weighted by Gasteiger charge is 2.29. The molecule has 22 heavy (non-hydrogen) atoms. The Bertz CT molecular complexity index is 619. The maximum atomic E-state index is 12.0. The quantitative estimate of drug-likeness (QED) is 0.430. The summed E-state index contributed by atoms with van der Waals surface area (Å²) in [6.07, 6.45) is 0. The number of ether oxygens (including phenoxy) is 1. The Morgan fingerprint density at radius 1 is 1.32 bits per heavy atom. The highest BCUT2D eigenvalue weighted by atomic mass is 35.5. The summed E-state index contributed by atoms with van der Waals surface area (Å²) >= 11 is 5.98. The van der Waals surface area contributed by atoms with E-state index in [0.717, 1.165) is 0 Å². The molecule has 0 aliphatic carbocycles. The average Bonchev–Trinajstić information content (AvgIpc) is 2.45. The van der Waals surface area contributed by atoms with Gasteiger partial charge in [-0.3, -0.25) is 9.35 Å². The molecular formula is C13H16ClNO6S. The SMILES string of the molecule is CCOC(=O)[C@H](CS(=O)(=O)O)NC(=O)C(Cl)c1ccccc1. The Labute approximate surface area is 133 Å². The Morgan fingerprint density at radius 3 is 2.41 bits per heavy atom. The minimum atomic E-state index is -4.48. The van der Waals surface area contributed by atoms with Crippen LogP contribution < -0.4 is 5.32 Å². The van der Waals surface area contributed by atoms with E-state index in [1.165, 1.54) is 6.92 Å². The fourth-order valence-electron chi connectivity index (χ4n) is 1.64. The van der Waals surface area contributed by atoms with E-state index in [9.17, 15) is 18.0 Å². The number of amides is 1. The number of nitrogens with one attached hydrogen (secondary N) is 1. The molecule has 0 spiro atoms. The number of rotatable bonds is 7. The fourth-order valence-corrected chi connectivity index (χ4v) is 2.49. The van der Waals surface area contributed by atoms with Gasteiger partial charge in [0, 0.05) is 0 Å². The second-order valence-electron chi connectivity index (χ2n) is 4.34. The zero-order chi connectivity index (χ0) is 16.8. The van der Waals surface area contributed by atoms with Crippen LogP contribution in [0, 0.1) is 0 Å². The standard InChI is InChI=1S/C13H16ClNO6S/c1-2-21-13(17)10(8-22(18,19)20)15-12(16)11(14)9-6-4-3-5-7-9/h3-7,10-11H,2,8H2,1H3,(H,15,16)(H,18,19,20)/t10-,11?/m0/s1. The third-order valence-corrected chi connectivity index (χ3v) is 3.79. The van der Waals surface area contributed by atoms with Crippen LogP contribution in [0.15, 0.2) is 30.3 Å². The van der Waals surface area contributed by atoms with Crippen LogP contribution in [0.5, 0.6) is 0 Å². The molecule has 7 nitrogen and oxygen atoms in total. The number of alkyl halides is 1. The third-order valence-electron chi connectivity index (χ3n) is 2.59. The first-order chi connectivity index (χ1) is 10.2. The van der Waals surface area contributed by atoms with E-state index in [0.29, 0.717) is 5.56 Å². The molecule has 0 fully saturated rings. The van der Waals surface area contributed by atoms with Gasteiger partial charge in [0.05, 0.1) is 6.61 Å². The number of hydrogen-bond donors (Lipinski definition) is 2. The summed E-state index contributed by atoms with van der Waals surface area (Å²) < 4.78 is 35.4. The van der Waals surface area contributed by atoms with Crippen molar-refractivity contribution >= 4 is 33.6 Å². The Hall–Kier alpha value is -1.64. The van der Waals surface area contributed by atoms with Crippen LogP contribution in [-0.4, -0.2) is 43.2 Å². The van der Waals surface area contributed by atoms with Gasteiger partial charge in [0.25, 0.3) is 10.1 Å². The summed E-state index contributed by atoms with van der Waals surface area (Å²) in [6.45, 7) is 1.53. The van der Waals surface area contributed by atoms with Crippen LogP contribution in [-0.2, 0) is 24.4 Å². The van der Waals surface area contributed by atoms with Crippen molar-refractivity contribution in [3.05, 3.63) is 35.9 Å². The molecule has 0 bridgehead atoms. The van der Waals surface area contributed by atoms with Gasteiger partial charge < -0.3 is 10.1 Å². The minimum Gasteiger partial charge on any atom is -0.464 e. The smallest absolute Gasteiger partial charge is 0.329 e. The predicted octanol–water partition coefficient (Wildman–Crippen LogP) is 0.902. The van der Waals surface area contributed by atoms with Gasteiger partial charge in [-0.05, 0) is 12.5 Å². The highest BCUT2D eigenvalue weighted by molar-refractivity contribution is 7.85. The van der Waals surface area contributed by atoms with Crippen molar-refractivity contribution in [2.75, 3.05) is 12.4 Å². The van der Waals surface area contributed by atoms with Crippen molar-refractivity contribution in [3.8, 4) is 0 Å². The molecule has 0 aliphatic rings. The number of carbonyl (C=O) groups is 2. The number of halogens is 1. The molecule has 1 rings (SSSR count). The van der Waals surface area contributed by atoms with Gasteiger partial charge in [0.1, 0.15) is 17.2 Å². The van der Waals surface area contributed by atoms with E-state index < -0.39 is 39.2 Å². The molecule has 1 aromatic carbocycles. The highest BCUT2D eigenvalue weighted by Crippen LogP contribution is 2.20. The summed E-state index contributed by atoms with van der Waals surface area (Å²) in [4.78, 5) is 23.7. The summed E-state index contributed by atoms with van der Waals surface area (Å²) in [7, 11) is -4.48. The second kappa shape index (κ2) is 8.11. The van der Waals surface area contributed by atoms with Gasteiger partial charge in [-0.2, -0.15) is 8.42 Å². The van der Waals surface area contributed by atoms with E-state index in [1.54, 1.807) is 30.3 Å². The van der Waals surface area contributed by atoms with Crippen molar-refractivity contribution in [1.29, 1.82) is 0 Å². The van der Waals surface area contributed by atoms with E-state index >= 15 is 0 Å². The van der Waals surface area contributed by atoms with Crippen LogP contribution >= 0.6 is 11.6 Å². The van der Waals surface area contributed by atoms with Crippen molar-refractivity contribution in [2.24, 2.45) is 0 Å². The molecule has 0 aliphatic heterocycles. The number of hydrogen-bond acceptors (Lipinski definition) is 5. The zero-order valence-electron chi connectivity index (χ0n) is 11.7. The lowest BCUT2D eigenvalue weighted by Crippen LogP contribution is -2.47. The maximum absolute atomic E-state index is 12.0. The summed E-state index contributed by atoms with van der Waals surface area (Å²) in [5.74, 6) is -2.73. The molecule has 2 N–H and O–H groups in total. The fraction of sp³-hybridized carbons (Fsp3) is 0.385. The first kappa shape index (κ1) is 18.4. The van der Waals surface area contributed by atoms with E-state index in [1.807, 2.05) is 0 Å². The molecule has 1 unspecified atom stereocenters. The topological polar surface area (TPSA) is 110 Å². The molecule has 0 aromatic heterocycles. The molecule has 9 heteroatoms. The number of benzene rings is 1. The maximum Gasteiger partial charge on any atom is 0.329 e. The van der Waals surface area contributed by atoms with Gasteiger partial charge in [-0.1, -0.05) is 30.3 Å². The molecule has 122 valence electrons. The van der Waals surface area contributed by atoms with E-state index in [-0.39, 0.29) is 6.61 Å². The lowest BCUT2D eigenvalue weighted by Gasteiger charge is -2.18. The Kier molecular flexibility index (Phi) is 6.79. The second-order valence-corrected chi connectivity index (χ2v) is 6.27. The first-order valence-corrected chi connectivity index (χ1v) is 8.40. The largest absolute Gasteiger partial charge is 0.464 e. The van der Waals surface area contributed by atoms with Gasteiger partial charge in [0.2, 0.25) is 5.91 Å². The van der Waals surface area contributed by atoms with Crippen molar-refractivity contribution in [3.63, 3.8) is 0 Å². The average molecular weight is 350 g/mol. The zero-order valence-corrected chi connectivity index (χ0v) is 13.3. The van der Waals surface area contributed by atoms with Gasteiger partial charge in [-0.25, -0.2) is 4.79 Å². The molecule has 0 saturated carbocycles. The third kappa shape index (κ3) is 6.00. The van der Waals surface area contributed by atoms with Crippen LogP contribution in [0.4, 0.5) is 0 Å². The molecule has 0 heterocycles. The van der Waals surface area contributed by atoms with Crippen LogP contribution in [0.1, 0.15) is 17.9 Å². The molecule has 2 atom stereocenters. The van der Waals surface area contributed by atoms with E-state index in [2.05, 4.69) is 10.1 Å². The number of esters is 1. The normalized spacial score (nSPS) is 14.0. The van der Waals surface area contributed by atoms with Crippen molar-refractivity contribution in [1.82, 2.24) is 5.32 Å². The van der Waals surface area contributed by atoms with Gasteiger partial charge >= 0.3 is 5.97 Å². The molecule has 1 amide bonds. The monoisotopic (exact) mass is 349 g/mol.